The Morgan fingerprint density at radius 2 is 1.90 bits per heavy atom. The van der Waals surface area contributed by atoms with Crippen LogP contribution in [0.15, 0.2) is 0 Å². The highest BCUT2D eigenvalue weighted by Gasteiger charge is 2.31. The number of aliphatic hydroxyl groups excluding tert-OH is 1. The van der Waals surface area contributed by atoms with E-state index in [0.717, 1.165) is 6.54 Å². The van der Waals surface area contributed by atoms with Crippen molar-refractivity contribution in [1.29, 1.82) is 0 Å². The summed E-state index contributed by atoms with van der Waals surface area (Å²) in [5, 5.41) is 9.38. The molecule has 7 nitrogen and oxygen atoms in total. The molecule has 8 heteroatoms. The van der Waals surface area contributed by atoms with Gasteiger partial charge >= 0.3 is 0 Å². The maximum atomic E-state index is 12.4. The van der Waals surface area contributed by atoms with Gasteiger partial charge < -0.3 is 14.7 Å². The lowest BCUT2D eigenvalue weighted by molar-refractivity contribution is -0.00744. The van der Waals surface area contributed by atoms with E-state index >= 15 is 0 Å². The van der Waals surface area contributed by atoms with Crippen molar-refractivity contribution in [2.24, 2.45) is 0 Å². The molecule has 0 radical (unpaired) electrons. The predicted octanol–water partition coefficient (Wildman–Crippen LogP) is -1.35. The Morgan fingerprint density at radius 3 is 2.48 bits per heavy atom. The van der Waals surface area contributed by atoms with Gasteiger partial charge in [0.2, 0.25) is 10.0 Å². The lowest BCUT2D eigenvalue weighted by Crippen LogP contribution is -2.52. The summed E-state index contributed by atoms with van der Waals surface area (Å²) in [5.74, 6) is 0.0632. The number of β-amino-alcohol motifs (C(OH)–C–C–N with tert-alkyl or cyclic N) is 1. The minimum atomic E-state index is -3.27. The molecule has 2 aliphatic heterocycles. The van der Waals surface area contributed by atoms with Crippen LogP contribution in [0.4, 0.5) is 0 Å². The van der Waals surface area contributed by atoms with Gasteiger partial charge in [-0.15, -0.1) is 0 Å². The highest BCUT2D eigenvalue weighted by molar-refractivity contribution is 7.89. The van der Waals surface area contributed by atoms with Gasteiger partial charge in [-0.25, -0.2) is 8.42 Å². The average molecular weight is 321 g/mol. The molecule has 0 aromatic rings. The lowest BCUT2D eigenvalue weighted by atomic mass is 10.3. The zero-order valence-corrected chi connectivity index (χ0v) is 13.8. The molecular weight excluding hydrogens is 294 g/mol. The van der Waals surface area contributed by atoms with Crippen molar-refractivity contribution >= 4 is 10.0 Å². The normalized spacial score (nSPS) is 28.6. The van der Waals surface area contributed by atoms with Crippen molar-refractivity contribution < 1.29 is 18.3 Å². The van der Waals surface area contributed by atoms with Gasteiger partial charge in [0.05, 0.1) is 24.6 Å². The number of hydrogen-bond donors (Lipinski definition) is 1. The third-order valence-corrected chi connectivity index (χ3v) is 5.93. The number of rotatable bonds is 5. The first-order chi connectivity index (χ1) is 9.87. The Hall–Kier alpha value is -0.250. The number of hydrogen-bond acceptors (Lipinski definition) is 6. The van der Waals surface area contributed by atoms with Gasteiger partial charge in [-0.2, -0.15) is 4.31 Å². The van der Waals surface area contributed by atoms with Gasteiger partial charge in [0, 0.05) is 45.8 Å². The summed E-state index contributed by atoms with van der Waals surface area (Å²) >= 11 is 0. The second-order valence-corrected chi connectivity index (χ2v) is 8.10. The zero-order valence-electron chi connectivity index (χ0n) is 12.9. The predicted molar refractivity (Wildman–Crippen MR) is 80.7 cm³/mol. The standard InChI is InChI=1S/C13H27N3O4S/c1-12(17)9-15-3-5-16(6-4-15)21(18,19)11-13-10-14(2)7-8-20-13/h12-13,17H,3-11H2,1-2H3/t12-,13?/m0/s1. The van der Waals surface area contributed by atoms with Crippen molar-refractivity contribution in [3.8, 4) is 0 Å². The van der Waals surface area contributed by atoms with E-state index in [1.165, 1.54) is 0 Å². The van der Waals surface area contributed by atoms with Crippen molar-refractivity contribution in [3.05, 3.63) is 0 Å². The molecule has 0 spiro atoms. The SMILES string of the molecule is C[C@H](O)CN1CCN(S(=O)(=O)CC2CN(C)CCO2)CC1. The molecule has 2 heterocycles. The second kappa shape index (κ2) is 7.34. The van der Waals surface area contributed by atoms with Gasteiger partial charge in [0.1, 0.15) is 0 Å². The molecule has 21 heavy (non-hydrogen) atoms. The second-order valence-electron chi connectivity index (χ2n) is 6.08. The van der Waals surface area contributed by atoms with Crippen LogP contribution < -0.4 is 0 Å². The minimum Gasteiger partial charge on any atom is -0.392 e. The number of aliphatic hydroxyl groups is 1. The van der Waals surface area contributed by atoms with Crippen LogP contribution in [0.25, 0.3) is 0 Å². The fourth-order valence-electron chi connectivity index (χ4n) is 2.87. The van der Waals surface area contributed by atoms with E-state index in [4.69, 9.17) is 4.74 Å². The van der Waals surface area contributed by atoms with Crippen LogP contribution in [0.1, 0.15) is 6.92 Å². The van der Waals surface area contributed by atoms with Crippen LogP contribution in [0, 0.1) is 0 Å². The summed E-state index contributed by atoms with van der Waals surface area (Å²) < 4.78 is 32.0. The maximum absolute atomic E-state index is 12.4. The monoisotopic (exact) mass is 321 g/mol. The van der Waals surface area contributed by atoms with Crippen LogP contribution in [0.3, 0.4) is 0 Å². The number of piperazine rings is 1. The first-order valence-electron chi connectivity index (χ1n) is 7.55. The van der Waals surface area contributed by atoms with Crippen molar-refractivity contribution in [3.63, 3.8) is 0 Å². The molecule has 0 bridgehead atoms. The molecule has 2 aliphatic rings. The Bertz CT molecular complexity index is 421. The summed E-state index contributed by atoms with van der Waals surface area (Å²) in [5.41, 5.74) is 0. The third-order valence-electron chi connectivity index (χ3n) is 3.99. The quantitative estimate of drug-likeness (QED) is 0.675. The number of sulfonamides is 1. The summed E-state index contributed by atoms with van der Waals surface area (Å²) in [6.07, 6.45) is -0.608. The molecule has 0 amide bonds. The van der Waals surface area contributed by atoms with Gasteiger partial charge in [-0.1, -0.05) is 0 Å². The highest BCUT2D eigenvalue weighted by Crippen LogP contribution is 2.13. The molecule has 0 aromatic carbocycles. The first kappa shape index (κ1) is 17.1. The van der Waals surface area contributed by atoms with Crippen LogP contribution in [-0.4, -0.2) is 105 Å². The molecule has 0 aliphatic carbocycles. The van der Waals surface area contributed by atoms with Crippen LogP contribution in [0.2, 0.25) is 0 Å². The number of likely N-dealkylation sites (N-methyl/N-ethyl adjacent to an activating group) is 1. The minimum absolute atomic E-state index is 0.0632. The summed E-state index contributed by atoms with van der Waals surface area (Å²) in [7, 11) is -1.28. The van der Waals surface area contributed by atoms with Crippen LogP contribution in [0.5, 0.6) is 0 Å². The van der Waals surface area contributed by atoms with Gasteiger partial charge in [-0.05, 0) is 14.0 Å². The molecule has 1 unspecified atom stereocenters. The molecule has 0 aromatic heterocycles. The van der Waals surface area contributed by atoms with E-state index in [0.29, 0.717) is 45.9 Å². The Labute approximate surface area is 127 Å². The molecular formula is C13H27N3O4S. The molecule has 2 rings (SSSR count). The Balaban J connectivity index is 1.83. The third kappa shape index (κ3) is 5.15. The van der Waals surface area contributed by atoms with Crippen LogP contribution >= 0.6 is 0 Å². The van der Waals surface area contributed by atoms with Gasteiger partial charge in [0.15, 0.2) is 0 Å². The fourth-order valence-corrected chi connectivity index (χ4v) is 4.47. The largest absolute Gasteiger partial charge is 0.392 e. The van der Waals surface area contributed by atoms with E-state index in [2.05, 4.69) is 9.80 Å². The summed E-state index contributed by atoms with van der Waals surface area (Å²) in [4.78, 5) is 4.20. The molecule has 2 atom stereocenters. The van der Waals surface area contributed by atoms with E-state index in [9.17, 15) is 13.5 Å². The Kier molecular flexibility index (Phi) is 5.98. The van der Waals surface area contributed by atoms with E-state index < -0.39 is 10.0 Å². The topological polar surface area (TPSA) is 73.3 Å². The number of nitrogens with zero attached hydrogens (tertiary/aromatic N) is 3. The Morgan fingerprint density at radius 1 is 1.24 bits per heavy atom. The van der Waals surface area contributed by atoms with Crippen molar-refractivity contribution in [2.45, 2.75) is 19.1 Å². The number of morpholine rings is 1. The molecule has 1 N–H and O–H groups in total. The number of ether oxygens (including phenoxy) is 1. The van der Waals surface area contributed by atoms with Crippen LogP contribution in [-0.2, 0) is 14.8 Å². The average Bonchev–Trinajstić information content (AvgIpc) is 2.38. The van der Waals surface area contributed by atoms with Gasteiger partial charge in [0.25, 0.3) is 0 Å². The fraction of sp³-hybridized carbons (Fsp3) is 1.00. The van der Waals surface area contributed by atoms with Crippen molar-refractivity contribution in [1.82, 2.24) is 14.1 Å². The van der Waals surface area contributed by atoms with Crippen molar-refractivity contribution in [2.75, 3.05) is 65.2 Å². The molecule has 2 saturated heterocycles. The highest BCUT2D eigenvalue weighted by atomic mass is 32.2. The van der Waals surface area contributed by atoms with E-state index in [1.807, 2.05) is 7.05 Å². The lowest BCUT2D eigenvalue weighted by Gasteiger charge is -2.36. The smallest absolute Gasteiger partial charge is 0.216 e. The zero-order chi connectivity index (χ0) is 15.5. The summed E-state index contributed by atoms with van der Waals surface area (Å²) in [6.45, 7) is 6.82. The molecule has 2 fully saturated rings. The van der Waals surface area contributed by atoms with E-state index in [1.54, 1.807) is 11.2 Å². The first-order valence-corrected chi connectivity index (χ1v) is 9.16. The summed E-state index contributed by atoms with van der Waals surface area (Å²) in [6, 6.07) is 0. The maximum Gasteiger partial charge on any atom is 0.216 e. The molecule has 124 valence electrons. The van der Waals surface area contributed by atoms with Gasteiger partial charge in [-0.3, -0.25) is 4.90 Å². The molecule has 0 saturated carbocycles. The van der Waals surface area contributed by atoms with E-state index in [-0.39, 0.29) is 18.0 Å².